The van der Waals surface area contributed by atoms with Gasteiger partial charge in [-0.25, -0.2) is 9.79 Å². The molecule has 0 spiro atoms. The third-order valence-electron chi connectivity index (χ3n) is 6.90. The summed E-state index contributed by atoms with van der Waals surface area (Å²) in [6.07, 6.45) is -4.37. The van der Waals surface area contributed by atoms with Crippen molar-refractivity contribution < 1.29 is 27.5 Å². The summed E-state index contributed by atoms with van der Waals surface area (Å²) in [6.45, 7) is 6.62. The highest BCUT2D eigenvalue weighted by atomic mass is 32.2. The molecule has 0 atom stereocenters. The Labute approximate surface area is 268 Å². The number of aryl methyl sites for hydroxylation is 1. The third kappa shape index (κ3) is 8.19. The van der Waals surface area contributed by atoms with E-state index in [1.165, 1.54) is 40.9 Å². The van der Waals surface area contributed by atoms with E-state index in [0.717, 1.165) is 27.9 Å². The Balaban J connectivity index is 1.14. The zero-order chi connectivity index (χ0) is 32.8. The first kappa shape index (κ1) is 32.4. The molecule has 3 aromatic carbocycles. The minimum Gasteiger partial charge on any atom is -0.406 e. The van der Waals surface area contributed by atoms with E-state index < -0.39 is 12.4 Å². The quantitative estimate of drug-likeness (QED) is 0.230. The van der Waals surface area contributed by atoms with Crippen LogP contribution in [0.2, 0.25) is 0 Å². The summed E-state index contributed by atoms with van der Waals surface area (Å²) in [6, 6.07) is 18.4. The van der Waals surface area contributed by atoms with Gasteiger partial charge in [0.15, 0.2) is 5.17 Å². The summed E-state index contributed by atoms with van der Waals surface area (Å²) in [7, 11) is 0. The number of ether oxygens (including phenoxy) is 1. The molecule has 13 heteroatoms. The number of thioether (sulfide) groups is 1. The number of nitrogens with zero attached hydrogens (tertiary/aromatic N) is 4. The van der Waals surface area contributed by atoms with E-state index in [0.29, 0.717) is 23.1 Å². The highest BCUT2D eigenvalue weighted by molar-refractivity contribution is 8.15. The number of carbonyl (C=O) groups is 2. The van der Waals surface area contributed by atoms with Crippen molar-refractivity contribution in [2.45, 2.75) is 39.5 Å². The molecule has 2 aliphatic rings. The molecule has 0 saturated carbocycles. The molecule has 0 aromatic heterocycles. The lowest BCUT2D eigenvalue weighted by atomic mass is 9.99. The van der Waals surface area contributed by atoms with Crippen molar-refractivity contribution in [2.24, 2.45) is 9.98 Å². The number of carbonyl (C=O) groups excluding carboxylic acids is 2. The van der Waals surface area contributed by atoms with Crippen molar-refractivity contribution in [1.29, 1.82) is 0 Å². The fraction of sp³-hybridized carbons (Fsp3) is 0.273. The number of amidine groups is 2. The van der Waals surface area contributed by atoms with Gasteiger partial charge in [0.25, 0.3) is 0 Å². The van der Waals surface area contributed by atoms with Crippen molar-refractivity contribution in [3.05, 3.63) is 89.0 Å². The SMILES string of the molecule is Cc1ccc(C(C)C)c(N2C(=O)CSC2=NC(=O)NCCC#Cc2cccc(C3=NCN(c4ccc(OC(F)(F)F)cc4)N3)c2)c1. The molecule has 3 amide bonds. The van der Waals surface area contributed by atoms with Gasteiger partial charge in [0, 0.05) is 24.1 Å². The summed E-state index contributed by atoms with van der Waals surface area (Å²) in [5.41, 5.74) is 8.09. The topological polar surface area (TPSA) is 98.6 Å². The molecule has 2 aliphatic heterocycles. The average Bonchev–Trinajstić information content (AvgIpc) is 3.63. The van der Waals surface area contributed by atoms with Crippen LogP contribution in [-0.2, 0) is 4.79 Å². The molecule has 1 saturated heterocycles. The van der Waals surface area contributed by atoms with Crippen LogP contribution in [0.5, 0.6) is 5.75 Å². The zero-order valence-electron chi connectivity index (χ0n) is 25.3. The maximum atomic E-state index is 12.8. The summed E-state index contributed by atoms with van der Waals surface area (Å²) in [4.78, 5) is 35.6. The fourth-order valence-electron chi connectivity index (χ4n) is 4.75. The predicted octanol–water partition coefficient (Wildman–Crippen LogP) is 6.33. The average molecular weight is 649 g/mol. The number of hydrazine groups is 1. The van der Waals surface area contributed by atoms with E-state index in [1.54, 1.807) is 5.01 Å². The van der Waals surface area contributed by atoms with E-state index in [1.807, 2.05) is 49.4 Å². The second-order valence-electron chi connectivity index (χ2n) is 10.7. The number of halogens is 3. The summed E-state index contributed by atoms with van der Waals surface area (Å²) < 4.78 is 41.2. The molecule has 0 unspecified atom stereocenters. The third-order valence-corrected chi connectivity index (χ3v) is 7.82. The van der Waals surface area contributed by atoms with Crippen LogP contribution < -0.4 is 25.4 Å². The number of nitrogens with one attached hydrogen (secondary N) is 2. The molecule has 46 heavy (non-hydrogen) atoms. The molecule has 5 rings (SSSR count). The molecule has 9 nitrogen and oxygen atoms in total. The van der Waals surface area contributed by atoms with Gasteiger partial charge in [-0.3, -0.25) is 20.1 Å². The second kappa shape index (κ2) is 14.0. The van der Waals surface area contributed by atoms with Gasteiger partial charge in [-0.1, -0.05) is 61.7 Å². The van der Waals surface area contributed by atoms with Gasteiger partial charge >= 0.3 is 12.4 Å². The van der Waals surface area contributed by atoms with Crippen LogP contribution in [0.3, 0.4) is 0 Å². The summed E-state index contributed by atoms with van der Waals surface area (Å²) in [5, 5.41) is 4.79. The normalized spacial score (nSPS) is 15.5. The molecular weight excluding hydrogens is 617 g/mol. The monoisotopic (exact) mass is 648 g/mol. The predicted molar refractivity (Wildman–Crippen MR) is 174 cm³/mol. The lowest BCUT2D eigenvalue weighted by Gasteiger charge is -2.22. The maximum Gasteiger partial charge on any atom is 0.573 e. The Morgan fingerprint density at radius 2 is 1.93 bits per heavy atom. The van der Waals surface area contributed by atoms with E-state index in [9.17, 15) is 22.8 Å². The second-order valence-corrected chi connectivity index (χ2v) is 11.7. The Morgan fingerprint density at radius 1 is 1.15 bits per heavy atom. The molecular formula is C33H31F3N6O3S. The van der Waals surface area contributed by atoms with Crippen molar-refractivity contribution in [3.63, 3.8) is 0 Å². The van der Waals surface area contributed by atoms with Crippen LogP contribution in [0.15, 0.2) is 76.7 Å². The number of alkyl halides is 3. The highest BCUT2D eigenvalue weighted by Crippen LogP contribution is 2.34. The number of hydrogen-bond acceptors (Lipinski definition) is 7. The largest absolute Gasteiger partial charge is 0.573 e. The molecule has 0 radical (unpaired) electrons. The number of hydrogen-bond donors (Lipinski definition) is 2. The van der Waals surface area contributed by atoms with Gasteiger partial charge < -0.3 is 10.1 Å². The maximum absolute atomic E-state index is 12.8. The van der Waals surface area contributed by atoms with Gasteiger partial charge in [-0.05, 0) is 66.4 Å². The Bertz CT molecular complexity index is 1750. The van der Waals surface area contributed by atoms with Crippen LogP contribution in [0.1, 0.15) is 48.4 Å². The van der Waals surface area contributed by atoms with Crippen LogP contribution in [-0.4, -0.2) is 48.3 Å². The summed E-state index contributed by atoms with van der Waals surface area (Å²) >= 11 is 1.24. The standard InChI is InChI=1S/C33H31F3N6O3S/c1-21(2)27-15-10-22(3)17-28(27)42-29(43)19-46-32(42)39-31(44)37-16-5-4-7-23-8-6-9-24(18-23)30-38-20-41(40-30)25-11-13-26(14-12-25)45-33(34,35)36/h6,8-15,17-18,21H,5,16,19-20H2,1-3H3,(H,37,44)(H,38,40). The van der Waals surface area contributed by atoms with E-state index in [-0.39, 0.29) is 36.5 Å². The highest BCUT2D eigenvalue weighted by Gasteiger charge is 2.33. The first-order chi connectivity index (χ1) is 22.0. The van der Waals surface area contributed by atoms with E-state index in [4.69, 9.17) is 0 Å². The molecule has 2 N–H and O–H groups in total. The molecule has 1 fully saturated rings. The van der Waals surface area contributed by atoms with E-state index in [2.05, 4.69) is 51.2 Å². The van der Waals surface area contributed by atoms with Gasteiger partial charge in [-0.2, -0.15) is 4.99 Å². The number of anilines is 2. The number of rotatable bonds is 7. The lowest BCUT2D eigenvalue weighted by Crippen LogP contribution is -2.36. The Morgan fingerprint density at radius 3 is 2.67 bits per heavy atom. The number of benzene rings is 3. The molecule has 0 aliphatic carbocycles. The fourth-order valence-corrected chi connectivity index (χ4v) is 5.61. The van der Waals surface area contributed by atoms with Crippen molar-refractivity contribution in [3.8, 4) is 17.6 Å². The smallest absolute Gasteiger partial charge is 0.406 e. The van der Waals surface area contributed by atoms with Gasteiger partial charge in [0.05, 0.1) is 17.1 Å². The minimum atomic E-state index is -4.75. The van der Waals surface area contributed by atoms with Crippen molar-refractivity contribution in [1.82, 2.24) is 10.7 Å². The van der Waals surface area contributed by atoms with Gasteiger partial charge in [-0.15, -0.1) is 13.2 Å². The van der Waals surface area contributed by atoms with E-state index >= 15 is 0 Å². The van der Waals surface area contributed by atoms with Crippen molar-refractivity contribution in [2.75, 3.05) is 28.9 Å². The van der Waals surface area contributed by atoms with Crippen LogP contribution in [0.4, 0.5) is 29.3 Å². The first-order valence-electron chi connectivity index (χ1n) is 14.4. The Hall–Kier alpha value is -4.96. The Kier molecular flexibility index (Phi) is 9.87. The van der Waals surface area contributed by atoms with Crippen molar-refractivity contribution >= 4 is 46.1 Å². The first-order valence-corrected chi connectivity index (χ1v) is 15.4. The minimum absolute atomic E-state index is 0.114. The number of amides is 3. The number of urea groups is 1. The van der Waals surface area contributed by atoms with Crippen LogP contribution >= 0.6 is 11.8 Å². The molecule has 0 bridgehead atoms. The van der Waals surface area contributed by atoms with Gasteiger partial charge in [0.1, 0.15) is 18.3 Å². The molecule has 238 valence electrons. The van der Waals surface area contributed by atoms with Crippen LogP contribution in [0.25, 0.3) is 0 Å². The van der Waals surface area contributed by atoms with Gasteiger partial charge in [0.2, 0.25) is 5.91 Å². The summed E-state index contributed by atoms with van der Waals surface area (Å²) in [5.74, 6) is 6.72. The molecule has 2 heterocycles. The lowest BCUT2D eigenvalue weighted by molar-refractivity contribution is -0.274. The van der Waals surface area contributed by atoms with Crippen LogP contribution in [0, 0.1) is 18.8 Å². The zero-order valence-corrected chi connectivity index (χ0v) is 26.1. The molecule has 3 aromatic rings. The number of aliphatic imine (C=N–C) groups is 2.